The van der Waals surface area contributed by atoms with Gasteiger partial charge in [0.1, 0.15) is 17.2 Å². The second kappa shape index (κ2) is 11.1. The van der Waals surface area contributed by atoms with Crippen LogP contribution >= 0.6 is 0 Å². The maximum atomic E-state index is 12.3. The number of methoxy groups -OCH3 is 1. The number of nitrogens with one attached hydrogen (secondary N) is 1. The first kappa shape index (κ1) is 20.6. The minimum absolute atomic E-state index is 0.209. The quantitative estimate of drug-likeness (QED) is 0.561. The molecule has 2 rings (SSSR count). The van der Waals surface area contributed by atoms with Gasteiger partial charge in [0.15, 0.2) is 6.10 Å². The lowest BCUT2D eigenvalue weighted by molar-refractivity contribution is -0.122. The summed E-state index contributed by atoms with van der Waals surface area (Å²) in [7, 11) is 1.61. The lowest BCUT2D eigenvalue weighted by Gasteiger charge is -2.15. The second-order valence-electron chi connectivity index (χ2n) is 6.36. The Balaban J connectivity index is 1.78. The summed E-state index contributed by atoms with van der Waals surface area (Å²) in [4.78, 5) is 12.3. The predicted molar refractivity (Wildman–Crippen MR) is 108 cm³/mol. The van der Waals surface area contributed by atoms with Crippen LogP contribution < -0.4 is 19.5 Å². The Kier molecular flexibility index (Phi) is 8.49. The molecule has 2 aromatic carbocycles. The van der Waals surface area contributed by atoms with Crippen LogP contribution in [0, 0.1) is 0 Å². The molecule has 146 valence electrons. The van der Waals surface area contributed by atoms with Gasteiger partial charge in [-0.2, -0.15) is 0 Å². The second-order valence-corrected chi connectivity index (χ2v) is 6.36. The zero-order valence-electron chi connectivity index (χ0n) is 16.4. The average molecular weight is 371 g/mol. The predicted octanol–water partition coefficient (Wildman–Crippen LogP) is 5.06. The van der Waals surface area contributed by atoms with Crippen LogP contribution in [0.5, 0.6) is 17.2 Å². The van der Waals surface area contributed by atoms with Crippen molar-refractivity contribution in [2.45, 2.75) is 45.6 Å². The molecule has 0 saturated heterocycles. The molecular formula is C22H29NO4. The van der Waals surface area contributed by atoms with Crippen LogP contribution in [0.15, 0.2) is 48.5 Å². The molecule has 0 aliphatic rings. The van der Waals surface area contributed by atoms with Gasteiger partial charge in [-0.1, -0.05) is 26.2 Å². The molecule has 0 aromatic heterocycles. The number of anilines is 1. The Labute approximate surface area is 161 Å². The largest absolute Gasteiger partial charge is 0.497 e. The maximum Gasteiger partial charge on any atom is 0.265 e. The zero-order chi connectivity index (χ0) is 19.5. The zero-order valence-corrected chi connectivity index (χ0v) is 16.4. The fraction of sp³-hybridized carbons (Fsp3) is 0.409. The molecule has 0 heterocycles. The summed E-state index contributed by atoms with van der Waals surface area (Å²) in [6.45, 7) is 4.63. The third kappa shape index (κ3) is 7.21. The highest BCUT2D eigenvalue weighted by atomic mass is 16.5. The standard InChI is InChI=1S/C22H29NO4/c1-4-5-6-7-16-26-20-10-8-18(9-11-20)23-22(24)17(2)27-21-14-12-19(25-3)13-15-21/h8-15,17H,4-7,16H2,1-3H3,(H,23,24)/t17-/m1/s1. The van der Waals surface area contributed by atoms with Gasteiger partial charge in [0.2, 0.25) is 0 Å². The molecule has 0 aliphatic carbocycles. The van der Waals surface area contributed by atoms with Gasteiger partial charge in [0.25, 0.3) is 5.91 Å². The van der Waals surface area contributed by atoms with Gasteiger partial charge in [-0.05, 0) is 61.9 Å². The number of amides is 1. The number of carbonyl (C=O) groups is 1. The first-order valence-corrected chi connectivity index (χ1v) is 9.46. The highest BCUT2D eigenvalue weighted by Gasteiger charge is 2.15. The molecule has 0 aliphatic heterocycles. The van der Waals surface area contributed by atoms with Gasteiger partial charge in [-0.15, -0.1) is 0 Å². The van der Waals surface area contributed by atoms with Crippen LogP contribution in [0.25, 0.3) is 0 Å². The van der Waals surface area contributed by atoms with E-state index >= 15 is 0 Å². The van der Waals surface area contributed by atoms with E-state index in [0.717, 1.165) is 24.5 Å². The number of hydrogen-bond donors (Lipinski definition) is 1. The molecule has 1 amide bonds. The summed E-state index contributed by atoms with van der Waals surface area (Å²) in [6.07, 6.45) is 4.09. The number of ether oxygens (including phenoxy) is 3. The molecule has 0 bridgehead atoms. The van der Waals surface area contributed by atoms with Crippen molar-refractivity contribution in [1.29, 1.82) is 0 Å². The topological polar surface area (TPSA) is 56.8 Å². The first-order chi connectivity index (χ1) is 13.1. The van der Waals surface area contributed by atoms with Crippen molar-refractivity contribution in [1.82, 2.24) is 0 Å². The Morgan fingerprint density at radius 2 is 1.56 bits per heavy atom. The molecule has 27 heavy (non-hydrogen) atoms. The van der Waals surface area contributed by atoms with Crippen molar-refractivity contribution in [3.8, 4) is 17.2 Å². The molecule has 0 saturated carbocycles. The van der Waals surface area contributed by atoms with Crippen LogP contribution in [0.4, 0.5) is 5.69 Å². The van der Waals surface area contributed by atoms with E-state index in [1.165, 1.54) is 19.3 Å². The molecule has 5 heteroatoms. The maximum absolute atomic E-state index is 12.3. The normalized spacial score (nSPS) is 11.5. The van der Waals surface area contributed by atoms with E-state index in [-0.39, 0.29) is 5.91 Å². The van der Waals surface area contributed by atoms with Crippen LogP contribution in [0.2, 0.25) is 0 Å². The Hall–Kier alpha value is -2.69. The lowest BCUT2D eigenvalue weighted by Crippen LogP contribution is -2.30. The Bertz CT molecular complexity index is 682. The van der Waals surface area contributed by atoms with Crippen LogP contribution in [-0.4, -0.2) is 25.7 Å². The van der Waals surface area contributed by atoms with E-state index in [4.69, 9.17) is 14.2 Å². The summed E-state index contributed by atoms with van der Waals surface area (Å²) in [5.74, 6) is 1.96. The SMILES string of the molecule is CCCCCCOc1ccc(NC(=O)[C@@H](C)Oc2ccc(OC)cc2)cc1. The van der Waals surface area contributed by atoms with Gasteiger partial charge in [0, 0.05) is 5.69 Å². The van der Waals surface area contributed by atoms with E-state index in [9.17, 15) is 4.79 Å². The van der Waals surface area contributed by atoms with Gasteiger partial charge in [-0.3, -0.25) is 4.79 Å². The number of carbonyl (C=O) groups excluding carboxylic acids is 1. The third-order valence-corrected chi connectivity index (χ3v) is 4.13. The molecule has 2 aromatic rings. The summed E-state index contributed by atoms with van der Waals surface area (Å²) in [5.41, 5.74) is 0.712. The summed E-state index contributed by atoms with van der Waals surface area (Å²) in [6, 6.07) is 14.5. The first-order valence-electron chi connectivity index (χ1n) is 9.46. The van der Waals surface area contributed by atoms with Crippen molar-refractivity contribution in [2.24, 2.45) is 0 Å². The smallest absolute Gasteiger partial charge is 0.265 e. The van der Waals surface area contributed by atoms with Crippen molar-refractivity contribution >= 4 is 11.6 Å². The molecule has 0 radical (unpaired) electrons. The highest BCUT2D eigenvalue weighted by molar-refractivity contribution is 5.94. The monoisotopic (exact) mass is 371 g/mol. The van der Waals surface area contributed by atoms with Crippen LogP contribution in [-0.2, 0) is 4.79 Å². The van der Waals surface area contributed by atoms with E-state index in [1.54, 1.807) is 38.3 Å². The number of benzene rings is 2. The summed E-state index contributed by atoms with van der Waals surface area (Å²) >= 11 is 0. The lowest BCUT2D eigenvalue weighted by atomic mass is 10.2. The molecule has 0 spiro atoms. The van der Waals surface area contributed by atoms with Gasteiger partial charge < -0.3 is 19.5 Å². The molecular weight excluding hydrogens is 342 g/mol. The van der Waals surface area contributed by atoms with E-state index in [2.05, 4.69) is 12.2 Å². The minimum atomic E-state index is -0.618. The Morgan fingerprint density at radius 1 is 0.926 bits per heavy atom. The summed E-state index contributed by atoms with van der Waals surface area (Å²) in [5, 5.41) is 2.85. The molecule has 5 nitrogen and oxygen atoms in total. The van der Waals surface area contributed by atoms with Crippen molar-refractivity contribution in [2.75, 3.05) is 19.0 Å². The highest BCUT2D eigenvalue weighted by Crippen LogP contribution is 2.19. The minimum Gasteiger partial charge on any atom is -0.497 e. The van der Waals surface area contributed by atoms with Gasteiger partial charge in [-0.25, -0.2) is 0 Å². The fourth-order valence-corrected chi connectivity index (χ4v) is 2.51. The number of unbranched alkanes of at least 4 members (excludes halogenated alkanes) is 3. The van der Waals surface area contributed by atoms with Crippen LogP contribution in [0.1, 0.15) is 39.5 Å². The van der Waals surface area contributed by atoms with E-state index < -0.39 is 6.10 Å². The third-order valence-electron chi connectivity index (χ3n) is 4.13. The molecule has 1 atom stereocenters. The van der Waals surface area contributed by atoms with E-state index in [0.29, 0.717) is 11.4 Å². The molecule has 0 unspecified atom stereocenters. The molecule has 1 N–H and O–H groups in total. The average Bonchev–Trinajstić information content (AvgIpc) is 2.69. The molecule has 0 fully saturated rings. The van der Waals surface area contributed by atoms with Crippen LogP contribution in [0.3, 0.4) is 0 Å². The van der Waals surface area contributed by atoms with Gasteiger partial charge in [0.05, 0.1) is 13.7 Å². The van der Waals surface area contributed by atoms with Crippen molar-refractivity contribution in [3.05, 3.63) is 48.5 Å². The van der Waals surface area contributed by atoms with Gasteiger partial charge >= 0.3 is 0 Å². The van der Waals surface area contributed by atoms with Crippen molar-refractivity contribution < 1.29 is 19.0 Å². The van der Waals surface area contributed by atoms with E-state index in [1.807, 2.05) is 24.3 Å². The Morgan fingerprint density at radius 3 is 2.19 bits per heavy atom. The number of hydrogen-bond acceptors (Lipinski definition) is 4. The fourth-order valence-electron chi connectivity index (χ4n) is 2.51. The summed E-state index contributed by atoms with van der Waals surface area (Å²) < 4.78 is 16.5. The van der Waals surface area contributed by atoms with Crippen molar-refractivity contribution in [3.63, 3.8) is 0 Å². The number of rotatable bonds is 11.